The third-order valence-electron chi connectivity index (χ3n) is 1.01. The van der Waals surface area contributed by atoms with Gasteiger partial charge in [-0.05, 0) is 12.5 Å². The maximum Gasteiger partial charge on any atom is 0.230 e. The molecule has 48 valence electrons. The molecule has 1 rings (SSSR count). The van der Waals surface area contributed by atoms with Gasteiger partial charge in [-0.2, -0.15) is 4.57 Å². The number of rotatable bonds is 2. The Morgan fingerprint density at radius 2 is 2.56 bits per heavy atom. The molecule has 1 aromatic heterocycles. The molecule has 0 spiro atoms. The predicted octanol–water partition coefficient (Wildman–Crippen LogP) is 1.92. The van der Waals surface area contributed by atoms with Gasteiger partial charge < -0.3 is 0 Å². The van der Waals surface area contributed by atoms with Gasteiger partial charge in [0, 0.05) is 0 Å². The average molecular weight is 140 g/mol. The van der Waals surface area contributed by atoms with E-state index >= 15 is 0 Å². The van der Waals surface area contributed by atoms with Crippen molar-refractivity contribution in [3.05, 3.63) is 23.2 Å². The van der Waals surface area contributed by atoms with Gasteiger partial charge in [-0.15, -0.1) is 0 Å². The minimum absolute atomic E-state index is 1.10. The van der Waals surface area contributed by atoms with Crippen LogP contribution in [0.3, 0.4) is 0 Å². The van der Waals surface area contributed by atoms with E-state index in [4.69, 9.17) is 0 Å². The monoisotopic (exact) mass is 140 g/mol. The maximum atomic E-state index is 2.13. The summed E-state index contributed by atoms with van der Waals surface area (Å²) >= 11 is 1.70. The van der Waals surface area contributed by atoms with Crippen molar-refractivity contribution in [1.29, 1.82) is 0 Å². The molecule has 0 aliphatic rings. The Balaban J connectivity index is 2.57. The molecule has 0 fully saturated rings. The first-order valence-electron chi connectivity index (χ1n) is 3.03. The molecule has 0 saturated heterocycles. The highest BCUT2D eigenvalue weighted by Crippen LogP contribution is 1.88. The normalized spacial score (nSPS) is 10.8. The predicted molar refractivity (Wildman–Crippen MR) is 40.1 cm³/mol. The van der Waals surface area contributed by atoms with E-state index in [9.17, 15) is 0 Å². The molecule has 1 heterocycles. The molecule has 0 aromatic carbocycles. The Bertz CT molecular complexity index is 177. The van der Waals surface area contributed by atoms with Gasteiger partial charge in [-0.3, -0.25) is 0 Å². The van der Waals surface area contributed by atoms with Crippen LogP contribution >= 0.6 is 11.3 Å². The zero-order chi connectivity index (χ0) is 6.53. The van der Waals surface area contributed by atoms with Crippen molar-refractivity contribution in [3.8, 4) is 0 Å². The van der Waals surface area contributed by atoms with Crippen LogP contribution < -0.4 is 4.57 Å². The highest BCUT2D eigenvalue weighted by atomic mass is 32.1. The second kappa shape index (κ2) is 3.41. The molecule has 0 N–H and O–H groups in total. The minimum Gasteiger partial charge on any atom is -0.164 e. The summed E-state index contributed by atoms with van der Waals surface area (Å²) in [7, 11) is 0. The summed E-state index contributed by atoms with van der Waals surface area (Å²) in [4.78, 5) is 0. The van der Waals surface area contributed by atoms with Gasteiger partial charge in [-0.1, -0.05) is 18.3 Å². The molecule has 0 unspecified atom stereocenters. The van der Waals surface area contributed by atoms with Gasteiger partial charge in [0.25, 0.3) is 0 Å². The van der Waals surface area contributed by atoms with Crippen molar-refractivity contribution in [2.45, 2.75) is 13.3 Å². The van der Waals surface area contributed by atoms with Gasteiger partial charge in [0.05, 0.1) is 5.38 Å². The van der Waals surface area contributed by atoms with E-state index in [0.29, 0.717) is 0 Å². The first-order chi connectivity index (χ1) is 4.43. The fourth-order valence-electron chi connectivity index (χ4n) is 0.558. The fourth-order valence-corrected chi connectivity index (χ4v) is 1.12. The standard InChI is InChI=1S/C7H10NS/c1-2-3-4-8-5-6-9-7-8/h3-7H,2H2,1H3/q+1. The number of nitrogens with zero attached hydrogens (tertiary/aromatic N) is 1. The van der Waals surface area contributed by atoms with E-state index in [1.807, 2.05) is 10.8 Å². The second-order valence-corrected chi connectivity index (χ2v) is 2.52. The molecule has 0 aliphatic carbocycles. The smallest absolute Gasteiger partial charge is 0.164 e. The van der Waals surface area contributed by atoms with E-state index in [0.717, 1.165) is 6.42 Å². The number of thiazole rings is 1. The van der Waals surface area contributed by atoms with Crippen molar-refractivity contribution in [2.24, 2.45) is 0 Å². The zero-order valence-corrected chi connectivity index (χ0v) is 6.27. The molecular weight excluding hydrogens is 130 g/mol. The van der Waals surface area contributed by atoms with Crippen molar-refractivity contribution >= 4 is 17.5 Å². The van der Waals surface area contributed by atoms with Crippen molar-refractivity contribution in [3.63, 3.8) is 0 Å². The van der Waals surface area contributed by atoms with Gasteiger partial charge >= 0.3 is 0 Å². The molecule has 0 amide bonds. The van der Waals surface area contributed by atoms with Crippen molar-refractivity contribution in [1.82, 2.24) is 0 Å². The van der Waals surface area contributed by atoms with Crippen LogP contribution in [0.1, 0.15) is 13.3 Å². The summed E-state index contributed by atoms with van der Waals surface area (Å²) in [6, 6.07) is 0. The van der Waals surface area contributed by atoms with Crippen molar-refractivity contribution < 1.29 is 4.57 Å². The average Bonchev–Trinajstić information content (AvgIpc) is 2.34. The summed E-state index contributed by atoms with van der Waals surface area (Å²) in [5.41, 5.74) is 2.06. The third-order valence-corrected chi connectivity index (χ3v) is 1.65. The van der Waals surface area contributed by atoms with Gasteiger partial charge in [0.15, 0.2) is 12.4 Å². The quantitative estimate of drug-likeness (QED) is 0.552. The largest absolute Gasteiger partial charge is 0.230 e. The molecule has 0 bridgehead atoms. The first-order valence-corrected chi connectivity index (χ1v) is 3.97. The lowest BCUT2D eigenvalue weighted by molar-refractivity contribution is -0.562. The molecule has 0 saturated carbocycles. The molecule has 1 aromatic rings. The Morgan fingerprint density at radius 1 is 1.67 bits per heavy atom. The molecule has 0 aliphatic heterocycles. The summed E-state index contributed by atoms with van der Waals surface area (Å²) in [6.07, 6.45) is 7.34. The van der Waals surface area contributed by atoms with E-state index in [1.165, 1.54) is 0 Å². The van der Waals surface area contributed by atoms with E-state index in [-0.39, 0.29) is 0 Å². The Labute approximate surface area is 59.3 Å². The summed E-state index contributed by atoms with van der Waals surface area (Å²) in [5.74, 6) is 0. The van der Waals surface area contributed by atoms with E-state index in [2.05, 4.69) is 30.1 Å². The molecule has 0 atom stereocenters. The lowest BCUT2D eigenvalue weighted by atomic mass is 10.5. The number of hydrogen-bond donors (Lipinski definition) is 0. The fraction of sp³-hybridized carbons (Fsp3) is 0.286. The van der Waals surface area contributed by atoms with E-state index in [1.54, 1.807) is 11.3 Å². The molecule has 2 heteroatoms. The Morgan fingerprint density at radius 3 is 3.11 bits per heavy atom. The van der Waals surface area contributed by atoms with Crippen LogP contribution in [0.25, 0.3) is 6.20 Å². The van der Waals surface area contributed by atoms with Crippen LogP contribution in [-0.4, -0.2) is 0 Å². The lowest BCUT2D eigenvalue weighted by Gasteiger charge is -1.73. The number of aromatic nitrogens is 1. The number of hydrogen-bond acceptors (Lipinski definition) is 1. The minimum atomic E-state index is 1.10. The molecule has 1 nitrogen and oxygen atoms in total. The van der Waals surface area contributed by atoms with Crippen LogP contribution in [0.5, 0.6) is 0 Å². The van der Waals surface area contributed by atoms with Crippen LogP contribution in [0.2, 0.25) is 0 Å². The maximum absolute atomic E-state index is 2.13. The van der Waals surface area contributed by atoms with Crippen LogP contribution in [0, 0.1) is 0 Å². The molecule has 0 radical (unpaired) electrons. The second-order valence-electron chi connectivity index (χ2n) is 1.77. The van der Waals surface area contributed by atoms with E-state index < -0.39 is 0 Å². The van der Waals surface area contributed by atoms with Gasteiger partial charge in [-0.25, -0.2) is 0 Å². The molecule has 9 heavy (non-hydrogen) atoms. The Kier molecular flexibility index (Phi) is 2.46. The van der Waals surface area contributed by atoms with Crippen LogP contribution in [-0.2, 0) is 0 Å². The molecular formula is C7H10NS+. The zero-order valence-electron chi connectivity index (χ0n) is 5.45. The highest BCUT2D eigenvalue weighted by molar-refractivity contribution is 7.07. The summed E-state index contributed by atoms with van der Waals surface area (Å²) < 4.78 is 2.05. The SMILES string of the molecule is CCC=C[n+]1ccsc1. The van der Waals surface area contributed by atoms with Crippen LogP contribution in [0.4, 0.5) is 0 Å². The van der Waals surface area contributed by atoms with Gasteiger partial charge in [0.1, 0.15) is 0 Å². The summed E-state index contributed by atoms with van der Waals surface area (Å²) in [5, 5.41) is 2.06. The summed E-state index contributed by atoms with van der Waals surface area (Å²) in [6.45, 7) is 2.13. The lowest BCUT2D eigenvalue weighted by Crippen LogP contribution is -2.19. The first kappa shape index (κ1) is 6.49. The van der Waals surface area contributed by atoms with Crippen LogP contribution in [0.15, 0.2) is 23.2 Å². The number of allylic oxidation sites excluding steroid dienone is 1. The topological polar surface area (TPSA) is 3.88 Å². The van der Waals surface area contributed by atoms with Crippen molar-refractivity contribution in [2.75, 3.05) is 0 Å². The highest BCUT2D eigenvalue weighted by Gasteiger charge is 1.89. The Hall–Kier alpha value is -0.630. The third kappa shape index (κ3) is 1.98. The van der Waals surface area contributed by atoms with Gasteiger partial charge in [0.2, 0.25) is 5.51 Å².